The number of hydrogen-bond donors (Lipinski definition) is 2. The number of hydrogen-bond acceptors (Lipinski definition) is 3. The van der Waals surface area contributed by atoms with E-state index in [1.54, 1.807) is 0 Å². The summed E-state index contributed by atoms with van der Waals surface area (Å²) in [4.78, 5) is 0. The number of aliphatic hydroxyl groups excluding tert-OH is 1. The number of benzene rings is 1. The quantitative estimate of drug-likeness (QED) is 0.818. The molecule has 1 unspecified atom stereocenters. The molecular formula is C17H30O3. The van der Waals surface area contributed by atoms with Crippen LogP contribution < -0.4 is 4.74 Å². The zero-order valence-electron chi connectivity index (χ0n) is 14.2. The molecule has 2 rings (SSSR count). The van der Waals surface area contributed by atoms with Crippen molar-refractivity contribution in [1.82, 2.24) is 0 Å². The van der Waals surface area contributed by atoms with Crippen LogP contribution in [0.25, 0.3) is 0 Å². The van der Waals surface area contributed by atoms with Crippen molar-refractivity contribution in [3.63, 3.8) is 0 Å². The molecule has 1 heterocycles. The van der Waals surface area contributed by atoms with E-state index >= 15 is 0 Å². The Labute approximate surface area is 123 Å². The standard InChI is InChI=1S/C13H18O3.2C2H6/c1-7-8(2)12-10(9(3)11(7)15)13(4,5-14)6-16-12;2*1-2/h14-15H,5-6H2,1-4H3;2*1-2H3. The van der Waals surface area contributed by atoms with Crippen molar-refractivity contribution in [2.75, 3.05) is 13.2 Å². The van der Waals surface area contributed by atoms with E-state index in [1.807, 2.05) is 55.4 Å². The summed E-state index contributed by atoms with van der Waals surface area (Å²) in [6.07, 6.45) is 0. The number of ether oxygens (including phenoxy) is 1. The van der Waals surface area contributed by atoms with Crippen LogP contribution in [-0.4, -0.2) is 23.4 Å². The van der Waals surface area contributed by atoms with E-state index in [4.69, 9.17) is 4.74 Å². The van der Waals surface area contributed by atoms with Gasteiger partial charge in [-0.25, -0.2) is 0 Å². The van der Waals surface area contributed by atoms with Crippen molar-refractivity contribution in [2.45, 2.75) is 60.8 Å². The summed E-state index contributed by atoms with van der Waals surface area (Å²) < 4.78 is 5.68. The van der Waals surface area contributed by atoms with Gasteiger partial charge in [-0.15, -0.1) is 0 Å². The highest BCUT2D eigenvalue weighted by Gasteiger charge is 2.39. The predicted molar refractivity (Wildman–Crippen MR) is 84.9 cm³/mol. The lowest BCUT2D eigenvalue weighted by Gasteiger charge is -2.22. The predicted octanol–water partition coefficient (Wildman–Crippen LogP) is 4.01. The molecule has 1 atom stereocenters. The van der Waals surface area contributed by atoms with Crippen molar-refractivity contribution >= 4 is 0 Å². The van der Waals surface area contributed by atoms with Crippen molar-refractivity contribution in [1.29, 1.82) is 0 Å². The summed E-state index contributed by atoms with van der Waals surface area (Å²) in [6.45, 7) is 16.2. The SMILES string of the molecule is CC.CC.Cc1c(C)c2c(c(C)c1O)C(C)(CO)CO2. The smallest absolute Gasteiger partial charge is 0.127 e. The Morgan fingerprint density at radius 2 is 1.50 bits per heavy atom. The maximum atomic E-state index is 10.0. The average molecular weight is 282 g/mol. The van der Waals surface area contributed by atoms with E-state index in [-0.39, 0.29) is 6.61 Å². The second kappa shape index (κ2) is 7.53. The van der Waals surface area contributed by atoms with E-state index < -0.39 is 5.41 Å². The monoisotopic (exact) mass is 282 g/mol. The molecule has 2 N–H and O–H groups in total. The van der Waals surface area contributed by atoms with Gasteiger partial charge in [-0.2, -0.15) is 0 Å². The van der Waals surface area contributed by atoms with E-state index in [0.29, 0.717) is 12.4 Å². The molecule has 3 heteroatoms. The largest absolute Gasteiger partial charge is 0.507 e. The minimum absolute atomic E-state index is 0.0305. The fourth-order valence-electron chi connectivity index (χ4n) is 2.44. The van der Waals surface area contributed by atoms with Crippen LogP contribution >= 0.6 is 0 Å². The van der Waals surface area contributed by atoms with Gasteiger partial charge >= 0.3 is 0 Å². The lowest BCUT2D eigenvalue weighted by Crippen LogP contribution is -2.28. The zero-order valence-corrected chi connectivity index (χ0v) is 14.2. The van der Waals surface area contributed by atoms with Crippen LogP contribution in [0.4, 0.5) is 0 Å². The Morgan fingerprint density at radius 1 is 1.00 bits per heavy atom. The van der Waals surface area contributed by atoms with Crippen molar-refractivity contribution < 1.29 is 14.9 Å². The number of aromatic hydroxyl groups is 1. The third-order valence-corrected chi connectivity index (χ3v) is 3.70. The molecule has 1 aromatic carbocycles. The summed E-state index contributed by atoms with van der Waals surface area (Å²) in [5.74, 6) is 1.16. The lowest BCUT2D eigenvalue weighted by atomic mass is 9.81. The first-order chi connectivity index (χ1) is 9.42. The Bertz CT molecular complexity index is 452. The molecule has 1 aliphatic heterocycles. The lowest BCUT2D eigenvalue weighted by molar-refractivity contribution is 0.171. The van der Waals surface area contributed by atoms with E-state index in [1.165, 1.54) is 0 Å². The number of rotatable bonds is 1. The van der Waals surface area contributed by atoms with Crippen LogP contribution in [0.3, 0.4) is 0 Å². The average Bonchev–Trinajstić information content (AvgIpc) is 2.85. The molecular weight excluding hydrogens is 252 g/mol. The number of fused-ring (bicyclic) bond motifs is 1. The molecule has 0 aliphatic carbocycles. The molecule has 0 bridgehead atoms. The van der Waals surface area contributed by atoms with Gasteiger partial charge in [-0.05, 0) is 44.4 Å². The van der Waals surface area contributed by atoms with Gasteiger partial charge in [-0.1, -0.05) is 27.7 Å². The Hall–Kier alpha value is -1.22. The molecule has 1 aromatic rings. The number of aliphatic hydroxyl groups is 1. The van der Waals surface area contributed by atoms with Crippen LogP contribution in [0.1, 0.15) is 56.9 Å². The third-order valence-electron chi connectivity index (χ3n) is 3.70. The third kappa shape index (κ3) is 2.93. The van der Waals surface area contributed by atoms with Gasteiger partial charge in [0.2, 0.25) is 0 Å². The molecule has 0 aromatic heterocycles. The maximum Gasteiger partial charge on any atom is 0.127 e. The molecule has 0 radical (unpaired) electrons. The molecule has 0 spiro atoms. The Balaban J connectivity index is 0.000000829. The summed E-state index contributed by atoms with van der Waals surface area (Å²) in [7, 11) is 0. The van der Waals surface area contributed by atoms with Crippen molar-refractivity contribution in [3.05, 3.63) is 22.3 Å². The fraction of sp³-hybridized carbons (Fsp3) is 0.647. The van der Waals surface area contributed by atoms with Gasteiger partial charge in [0.05, 0.1) is 18.6 Å². The summed E-state index contributed by atoms with van der Waals surface area (Å²) >= 11 is 0. The highest BCUT2D eigenvalue weighted by molar-refractivity contribution is 5.61. The van der Waals surface area contributed by atoms with Gasteiger partial charge in [0.25, 0.3) is 0 Å². The van der Waals surface area contributed by atoms with Gasteiger partial charge in [0.1, 0.15) is 11.5 Å². The molecule has 3 nitrogen and oxygen atoms in total. The second-order valence-electron chi connectivity index (χ2n) is 4.94. The van der Waals surface area contributed by atoms with Crippen LogP contribution in [0.5, 0.6) is 11.5 Å². The molecule has 116 valence electrons. The second-order valence-corrected chi connectivity index (χ2v) is 4.94. The molecule has 1 aliphatic rings. The topological polar surface area (TPSA) is 49.7 Å². The molecule has 0 saturated heterocycles. The zero-order chi connectivity index (χ0) is 16.1. The fourth-order valence-corrected chi connectivity index (χ4v) is 2.44. The van der Waals surface area contributed by atoms with E-state index in [9.17, 15) is 10.2 Å². The molecule has 0 amide bonds. The summed E-state index contributed by atoms with van der Waals surface area (Å²) in [6, 6.07) is 0. The van der Waals surface area contributed by atoms with Crippen LogP contribution in [0, 0.1) is 20.8 Å². The first-order valence-corrected chi connectivity index (χ1v) is 7.49. The van der Waals surface area contributed by atoms with Crippen LogP contribution in [0.15, 0.2) is 0 Å². The highest BCUT2D eigenvalue weighted by atomic mass is 16.5. The van der Waals surface area contributed by atoms with Gasteiger partial charge in [0, 0.05) is 5.56 Å². The first-order valence-electron chi connectivity index (χ1n) is 7.49. The van der Waals surface area contributed by atoms with E-state index in [0.717, 1.165) is 28.0 Å². The molecule has 0 saturated carbocycles. The minimum Gasteiger partial charge on any atom is -0.507 e. The van der Waals surface area contributed by atoms with Gasteiger partial charge in [0.15, 0.2) is 0 Å². The Kier molecular flexibility index (Phi) is 7.07. The number of phenols is 1. The number of phenolic OH excluding ortho intramolecular Hbond substituents is 1. The maximum absolute atomic E-state index is 10.0. The van der Waals surface area contributed by atoms with Crippen LogP contribution in [0.2, 0.25) is 0 Å². The minimum atomic E-state index is -0.393. The van der Waals surface area contributed by atoms with Crippen molar-refractivity contribution in [2.24, 2.45) is 0 Å². The molecule has 0 fully saturated rings. The highest BCUT2D eigenvalue weighted by Crippen LogP contribution is 2.47. The normalized spacial score (nSPS) is 19.1. The van der Waals surface area contributed by atoms with Gasteiger partial charge < -0.3 is 14.9 Å². The Morgan fingerprint density at radius 3 is 1.95 bits per heavy atom. The first kappa shape index (κ1) is 18.8. The molecule has 20 heavy (non-hydrogen) atoms. The summed E-state index contributed by atoms with van der Waals surface area (Å²) in [5, 5.41) is 19.5. The van der Waals surface area contributed by atoms with E-state index in [2.05, 4.69) is 0 Å². The van der Waals surface area contributed by atoms with Crippen molar-refractivity contribution in [3.8, 4) is 11.5 Å². The summed E-state index contributed by atoms with van der Waals surface area (Å²) in [5.41, 5.74) is 3.21. The van der Waals surface area contributed by atoms with Gasteiger partial charge in [-0.3, -0.25) is 0 Å². The van der Waals surface area contributed by atoms with Crippen LogP contribution in [-0.2, 0) is 5.41 Å².